The van der Waals surface area contributed by atoms with Crippen molar-refractivity contribution in [3.05, 3.63) is 86.6 Å². The van der Waals surface area contributed by atoms with Crippen LogP contribution in [0.25, 0.3) is 16.9 Å². The van der Waals surface area contributed by atoms with Crippen LogP contribution in [-0.4, -0.2) is 40.0 Å². The van der Waals surface area contributed by atoms with Gasteiger partial charge in [0.2, 0.25) is 11.7 Å². The van der Waals surface area contributed by atoms with Crippen molar-refractivity contribution in [3.63, 3.8) is 0 Å². The molecule has 0 fully saturated rings. The molecule has 0 aliphatic carbocycles. The SMILES string of the molecule is Cn1c(=O)c2c(n(C)c1=O)n1c(SCC(=O)Nc3cccc(F)c3)nnc1n2Cc1ccc(F)cc1. The van der Waals surface area contributed by atoms with Gasteiger partial charge in [0, 0.05) is 19.8 Å². The summed E-state index contributed by atoms with van der Waals surface area (Å²) >= 11 is 1.05. The highest BCUT2D eigenvalue weighted by molar-refractivity contribution is 7.99. The molecule has 1 N–H and O–H groups in total. The maximum atomic E-state index is 13.4. The molecule has 0 aliphatic rings. The number of carbonyl (C=O) groups excluding carboxylic acids is 1. The van der Waals surface area contributed by atoms with Crippen LogP contribution in [0.2, 0.25) is 0 Å². The van der Waals surface area contributed by atoms with E-state index in [2.05, 4.69) is 15.5 Å². The molecule has 184 valence electrons. The van der Waals surface area contributed by atoms with Crippen molar-refractivity contribution in [3.8, 4) is 0 Å². The van der Waals surface area contributed by atoms with Crippen molar-refractivity contribution in [1.82, 2.24) is 28.3 Å². The minimum Gasteiger partial charge on any atom is -0.325 e. The first-order valence-corrected chi connectivity index (χ1v) is 11.7. The molecular formula is C23H19F2N7O3S. The molecule has 13 heteroatoms. The molecule has 10 nitrogen and oxygen atoms in total. The molecular weight excluding hydrogens is 492 g/mol. The number of imidazole rings is 1. The van der Waals surface area contributed by atoms with Crippen molar-refractivity contribution < 1.29 is 13.6 Å². The van der Waals surface area contributed by atoms with Crippen LogP contribution in [-0.2, 0) is 25.4 Å². The number of thioether (sulfide) groups is 1. The summed E-state index contributed by atoms with van der Waals surface area (Å²) in [7, 11) is 2.91. The van der Waals surface area contributed by atoms with Crippen molar-refractivity contribution in [2.75, 3.05) is 11.1 Å². The van der Waals surface area contributed by atoms with Crippen LogP contribution < -0.4 is 16.6 Å². The zero-order valence-electron chi connectivity index (χ0n) is 19.1. The molecule has 0 unspecified atom stereocenters. The fourth-order valence-corrected chi connectivity index (χ4v) is 4.67. The zero-order valence-corrected chi connectivity index (χ0v) is 19.9. The standard InChI is InChI=1S/C23H19F2N7O3S/c1-29-19-18(20(34)30(2)23(29)35)31(11-13-6-8-14(24)9-7-13)21-27-28-22(32(19)21)36-12-17(33)26-16-5-3-4-15(25)10-16/h3-10H,11-12H2,1-2H3,(H,26,33). The van der Waals surface area contributed by atoms with Gasteiger partial charge in [-0.1, -0.05) is 30.0 Å². The van der Waals surface area contributed by atoms with E-state index in [1.807, 2.05) is 0 Å². The van der Waals surface area contributed by atoms with E-state index in [1.54, 1.807) is 27.2 Å². The van der Waals surface area contributed by atoms with E-state index >= 15 is 0 Å². The lowest BCUT2D eigenvalue weighted by molar-refractivity contribution is -0.113. The minimum atomic E-state index is -0.540. The van der Waals surface area contributed by atoms with Gasteiger partial charge in [0.15, 0.2) is 16.3 Å². The van der Waals surface area contributed by atoms with E-state index in [9.17, 15) is 23.2 Å². The summed E-state index contributed by atoms with van der Waals surface area (Å²) < 4.78 is 32.3. The molecule has 1 amide bonds. The Kier molecular flexibility index (Phi) is 5.92. The maximum absolute atomic E-state index is 13.4. The molecule has 5 rings (SSSR count). The van der Waals surface area contributed by atoms with Crippen LogP contribution in [0.4, 0.5) is 14.5 Å². The van der Waals surface area contributed by atoms with Crippen LogP contribution in [0, 0.1) is 11.6 Å². The van der Waals surface area contributed by atoms with E-state index in [4.69, 9.17) is 0 Å². The van der Waals surface area contributed by atoms with Gasteiger partial charge in [-0.05, 0) is 35.9 Å². The summed E-state index contributed by atoms with van der Waals surface area (Å²) in [6.07, 6.45) is 0. The number of rotatable bonds is 6. The first-order chi connectivity index (χ1) is 17.2. The number of carbonyl (C=O) groups is 1. The second-order valence-corrected chi connectivity index (χ2v) is 9.00. The van der Waals surface area contributed by atoms with Gasteiger partial charge < -0.3 is 5.32 Å². The van der Waals surface area contributed by atoms with Crippen LogP contribution in [0.1, 0.15) is 5.56 Å². The Morgan fingerprint density at radius 1 is 1.00 bits per heavy atom. The van der Waals surface area contributed by atoms with Crippen molar-refractivity contribution in [2.45, 2.75) is 11.7 Å². The molecule has 0 radical (unpaired) electrons. The highest BCUT2D eigenvalue weighted by atomic mass is 32.2. The van der Waals surface area contributed by atoms with Gasteiger partial charge in [0.1, 0.15) is 11.6 Å². The predicted molar refractivity (Wildman–Crippen MR) is 130 cm³/mol. The Labute approximate surface area is 205 Å². The molecule has 36 heavy (non-hydrogen) atoms. The number of aryl methyl sites for hydroxylation is 1. The lowest BCUT2D eigenvalue weighted by Crippen LogP contribution is -2.37. The number of nitrogens with one attached hydrogen (secondary N) is 1. The Bertz CT molecular complexity index is 1750. The highest BCUT2D eigenvalue weighted by Gasteiger charge is 2.24. The first-order valence-electron chi connectivity index (χ1n) is 10.7. The molecule has 0 saturated carbocycles. The average Bonchev–Trinajstić information content (AvgIpc) is 3.40. The van der Waals surface area contributed by atoms with E-state index in [1.165, 1.54) is 49.0 Å². The summed E-state index contributed by atoms with van der Waals surface area (Å²) in [6.45, 7) is 0.170. The predicted octanol–water partition coefficient (Wildman–Crippen LogP) is 2.14. The van der Waals surface area contributed by atoms with Gasteiger partial charge in [0.25, 0.3) is 5.56 Å². The van der Waals surface area contributed by atoms with Crippen molar-refractivity contribution >= 4 is 40.3 Å². The number of fused-ring (bicyclic) bond motifs is 3. The molecule has 2 aromatic carbocycles. The Morgan fingerprint density at radius 3 is 2.47 bits per heavy atom. The number of benzene rings is 2. The second kappa shape index (κ2) is 9.07. The number of hydrogen-bond donors (Lipinski definition) is 1. The quantitative estimate of drug-likeness (QED) is 0.350. The third-order valence-corrected chi connectivity index (χ3v) is 6.57. The Morgan fingerprint density at radius 2 is 1.75 bits per heavy atom. The van der Waals surface area contributed by atoms with Crippen LogP contribution in [0.5, 0.6) is 0 Å². The molecule has 0 bridgehead atoms. The number of halogens is 2. The normalized spacial score (nSPS) is 11.4. The number of amides is 1. The lowest BCUT2D eigenvalue weighted by atomic mass is 10.2. The van der Waals surface area contributed by atoms with Crippen LogP contribution in [0.3, 0.4) is 0 Å². The van der Waals surface area contributed by atoms with E-state index in [0.717, 1.165) is 16.3 Å². The number of nitrogens with zero attached hydrogens (tertiary/aromatic N) is 6. The first kappa shape index (κ1) is 23.5. The van der Waals surface area contributed by atoms with E-state index in [0.29, 0.717) is 11.3 Å². The molecule has 0 aliphatic heterocycles. The monoisotopic (exact) mass is 511 g/mol. The van der Waals surface area contributed by atoms with E-state index < -0.39 is 28.8 Å². The minimum absolute atomic E-state index is 0.0826. The van der Waals surface area contributed by atoms with Gasteiger partial charge in [0.05, 0.1) is 12.3 Å². The van der Waals surface area contributed by atoms with Crippen molar-refractivity contribution in [1.29, 1.82) is 0 Å². The second-order valence-electron chi connectivity index (χ2n) is 8.06. The molecule has 3 heterocycles. The topological polar surface area (TPSA) is 108 Å². The fourth-order valence-electron chi connectivity index (χ4n) is 3.94. The molecule has 3 aromatic heterocycles. The molecule has 5 aromatic rings. The summed E-state index contributed by atoms with van der Waals surface area (Å²) in [5.41, 5.74) is 0.424. The van der Waals surface area contributed by atoms with Gasteiger partial charge in [-0.25, -0.2) is 18.0 Å². The largest absolute Gasteiger partial charge is 0.332 e. The number of anilines is 1. The highest BCUT2D eigenvalue weighted by Crippen LogP contribution is 2.25. The summed E-state index contributed by atoms with van der Waals surface area (Å²) in [4.78, 5) is 38.3. The van der Waals surface area contributed by atoms with Gasteiger partial charge in [-0.2, -0.15) is 0 Å². The zero-order chi connectivity index (χ0) is 25.6. The Balaban J connectivity index is 1.57. The van der Waals surface area contributed by atoms with Crippen molar-refractivity contribution in [2.24, 2.45) is 14.1 Å². The fraction of sp³-hybridized carbons (Fsp3) is 0.174. The van der Waals surface area contributed by atoms with Gasteiger partial charge in [-0.15, -0.1) is 10.2 Å². The van der Waals surface area contributed by atoms with Gasteiger partial charge in [-0.3, -0.25) is 23.3 Å². The summed E-state index contributed by atoms with van der Waals surface area (Å²) in [6, 6.07) is 11.3. The lowest BCUT2D eigenvalue weighted by Gasteiger charge is -2.08. The molecule has 0 atom stereocenters. The van der Waals surface area contributed by atoms with E-state index in [-0.39, 0.29) is 34.4 Å². The van der Waals surface area contributed by atoms with Crippen LogP contribution >= 0.6 is 11.8 Å². The number of hydrogen-bond acceptors (Lipinski definition) is 6. The maximum Gasteiger partial charge on any atom is 0.332 e. The van der Waals surface area contributed by atoms with Crippen LogP contribution in [0.15, 0.2) is 63.3 Å². The third kappa shape index (κ3) is 4.06. The third-order valence-electron chi connectivity index (χ3n) is 5.64. The van der Waals surface area contributed by atoms with Gasteiger partial charge >= 0.3 is 5.69 Å². The average molecular weight is 512 g/mol. The molecule has 0 saturated heterocycles. The smallest absolute Gasteiger partial charge is 0.325 e. The molecule has 0 spiro atoms. The number of aromatic nitrogens is 6. The summed E-state index contributed by atoms with van der Waals surface area (Å²) in [5.74, 6) is -1.07. The summed E-state index contributed by atoms with van der Waals surface area (Å²) in [5, 5.41) is 11.3. The Hall–Kier alpha value is -4.26.